The summed E-state index contributed by atoms with van der Waals surface area (Å²) in [5.41, 5.74) is 2.78. The van der Waals surface area contributed by atoms with Crippen molar-refractivity contribution in [3.05, 3.63) is 57.4 Å². The number of methoxy groups -OCH3 is 1. The van der Waals surface area contributed by atoms with Crippen molar-refractivity contribution in [1.82, 2.24) is 5.32 Å². The number of carbonyl (C=O) groups excluding carboxylic acids is 3. The first-order valence-electron chi connectivity index (χ1n) is 9.95. The maximum Gasteiger partial charge on any atom is 0.337 e. The van der Waals surface area contributed by atoms with Crippen LogP contribution in [0.15, 0.2) is 46.8 Å². The molecule has 0 saturated carbocycles. The van der Waals surface area contributed by atoms with E-state index in [1.165, 1.54) is 7.11 Å². The van der Waals surface area contributed by atoms with Crippen LogP contribution in [-0.2, 0) is 23.9 Å². The van der Waals surface area contributed by atoms with Gasteiger partial charge in [0.15, 0.2) is 5.78 Å². The quantitative estimate of drug-likeness (QED) is 0.575. The number of hydrogen-bond donors (Lipinski definition) is 1. The highest BCUT2D eigenvalue weighted by atomic mass is 35.5. The van der Waals surface area contributed by atoms with E-state index in [0.29, 0.717) is 33.9 Å². The summed E-state index contributed by atoms with van der Waals surface area (Å²) >= 11 is 6.23. The van der Waals surface area contributed by atoms with Crippen LogP contribution < -0.4 is 5.32 Å². The van der Waals surface area contributed by atoms with Crippen LogP contribution in [-0.4, -0.2) is 30.9 Å². The molecule has 3 atom stereocenters. The van der Waals surface area contributed by atoms with E-state index in [-0.39, 0.29) is 17.8 Å². The molecule has 6 nitrogen and oxygen atoms in total. The molecule has 0 radical (unpaired) electrons. The summed E-state index contributed by atoms with van der Waals surface area (Å²) in [6.07, 6.45) is 0.167. The molecule has 1 aromatic rings. The molecular formula is C23H26ClNO5. The van der Waals surface area contributed by atoms with Gasteiger partial charge in [0.25, 0.3) is 0 Å². The monoisotopic (exact) mass is 431 g/mol. The highest BCUT2D eigenvalue weighted by molar-refractivity contribution is 6.30. The highest BCUT2D eigenvalue weighted by Gasteiger charge is 2.47. The predicted octanol–water partition coefficient (Wildman–Crippen LogP) is 3.90. The molecule has 1 aromatic carbocycles. The number of esters is 2. The second-order valence-electron chi connectivity index (χ2n) is 8.04. The molecule has 0 saturated heterocycles. The Balaban J connectivity index is 2.19. The Bertz CT molecular complexity index is 962. The van der Waals surface area contributed by atoms with Gasteiger partial charge in [0.05, 0.1) is 18.8 Å². The van der Waals surface area contributed by atoms with E-state index in [9.17, 15) is 14.4 Å². The van der Waals surface area contributed by atoms with Gasteiger partial charge in [0.2, 0.25) is 0 Å². The van der Waals surface area contributed by atoms with Gasteiger partial charge in [0.1, 0.15) is 5.92 Å². The molecular weight excluding hydrogens is 406 g/mol. The summed E-state index contributed by atoms with van der Waals surface area (Å²) in [6, 6.07) is 7.05. The van der Waals surface area contributed by atoms with Crippen LogP contribution in [0.1, 0.15) is 45.6 Å². The maximum absolute atomic E-state index is 13.5. The third-order valence-electron chi connectivity index (χ3n) is 5.49. The molecule has 0 bridgehead atoms. The lowest BCUT2D eigenvalue weighted by Crippen LogP contribution is -2.43. The minimum absolute atomic E-state index is 0.229. The average Bonchev–Trinajstić information content (AvgIpc) is 2.65. The first kappa shape index (κ1) is 22.1. The molecule has 1 heterocycles. The smallest absolute Gasteiger partial charge is 0.337 e. The number of ketones is 1. The first-order valence-corrected chi connectivity index (χ1v) is 10.3. The van der Waals surface area contributed by atoms with Gasteiger partial charge in [-0.1, -0.05) is 30.7 Å². The summed E-state index contributed by atoms with van der Waals surface area (Å²) < 4.78 is 10.4. The van der Waals surface area contributed by atoms with E-state index in [4.69, 9.17) is 21.1 Å². The van der Waals surface area contributed by atoms with Gasteiger partial charge in [0, 0.05) is 27.9 Å². The number of allylic oxidation sites excluding steroid dienone is 3. The maximum atomic E-state index is 13.5. The highest BCUT2D eigenvalue weighted by Crippen LogP contribution is 2.45. The van der Waals surface area contributed by atoms with Crippen molar-refractivity contribution in [2.45, 2.75) is 46.1 Å². The topological polar surface area (TPSA) is 81.7 Å². The number of hydrogen-bond acceptors (Lipinski definition) is 6. The van der Waals surface area contributed by atoms with Gasteiger partial charge < -0.3 is 14.8 Å². The predicted molar refractivity (Wildman–Crippen MR) is 113 cm³/mol. The van der Waals surface area contributed by atoms with E-state index in [0.717, 1.165) is 5.70 Å². The van der Waals surface area contributed by atoms with Crippen molar-refractivity contribution >= 4 is 29.3 Å². The zero-order valence-electron chi connectivity index (χ0n) is 17.7. The van der Waals surface area contributed by atoms with E-state index in [1.807, 2.05) is 13.0 Å². The third kappa shape index (κ3) is 4.01. The molecule has 160 valence electrons. The number of benzene rings is 1. The molecule has 0 unspecified atom stereocenters. The van der Waals surface area contributed by atoms with Gasteiger partial charge >= 0.3 is 11.9 Å². The summed E-state index contributed by atoms with van der Waals surface area (Å²) in [4.78, 5) is 38.9. The van der Waals surface area contributed by atoms with Crippen molar-refractivity contribution < 1.29 is 23.9 Å². The summed E-state index contributed by atoms with van der Waals surface area (Å²) in [5, 5.41) is 3.72. The summed E-state index contributed by atoms with van der Waals surface area (Å²) in [6.45, 7) is 7.18. The fourth-order valence-electron chi connectivity index (χ4n) is 4.25. The van der Waals surface area contributed by atoms with Crippen LogP contribution in [0.2, 0.25) is 5.02 Å². The zero-order chi connectivity index (χ0) is 22.2. The minimum atomic E-state index is -0.919. The van der Waals surface area contributed by atoms with E-state index in [1.54, 1.807) is 39.0 Å². The number of carbonyl (C=O) groups is 3. The first-order chi connectivity index (χ1) is 14.1. The Morgan fingerprint density at radius 1 is 1.27 bits per heavy atom. The fourth-order valence-corrected chi connectivity index (χ4v) is 4.45. The second-order valence-corrected chi connectivity index (χ2v) is 8.48. The standard InChI is InChI=1S/C23H26ClNO5/c1-11(2)30-23(28)18-13(4)25-16-9-12(3)17(22(27)29-5)21(26)20(16)19(18)14-7-6-8-15(24)10-14/h6-8,10-12,17,19,25H,9H2,1-5H3/t12-,17+,19+/m0/s1. The van der Waals surface area contributed by atoms with Gasteiger partial charge in [-0.15, -0.1) is 0 Å². The molecule has 0 aromatic heterocycles. The van der Waals surface area contributed by atoms with Gasteiger partial charge in [-0.3, -0.25) is 9.59 Å². The number of dihydropyridines is 1. The lowest BCUT2D eigenvalue weighted by atomic mass is 9.69. The lowest BCUT2D eigenvalue weighted by Gasteiger charge is -2.38. The Morgan fingerprint density at radius 2 is 1.97 bits per heavy atom. The van der Waals surface area contributed by atoms with E-state index >= 15 is 0 Å². The summed E-state index contributed by atoms with van der Waals surface area (Å²) in [5.74, 6) is -3.24. The minimum Gasteiger partial charge on any atom is -0.468 e. The van der Waals surface area contributed by atoms with E-state index < -0.39 is 23.8 Å². The molecule has 0 amide bonds. The van der Waals surface area contributed by atoms with Crippen molar-refractivity contribution in [1.29, 1.82) is 0 Å². The van der Waals surface area contributed by atoms with Crippen molar-refractivity contribution in [3.63, 3.8) is 0 Å². The van der Waals surface area contributed by atoms with Crippen LogP contribution in [0.3, 0.4) is 0 Å². The number of ether oxygens (including phenoxy) is 2. The van der Waals surface area contributed by atoms with Crippen LogP contribution in [0.5, 0.6) is 0 Å². The molecule has 3 rings (SSSR count). The Morgan fingerprint density at radius 3 is 2.57 bits per heavy atom. The molecule has 0 fully saturated rings. The van der Waals surface area contributed by atoms with E-state index in [2.05, 4.69) is 5.32 Å². The number of Topliss-reactive ketones (excluding diaryl/α,β-unsaturated/α-hetero) is 1. The molecule has 30 heavy (non-hydrogen) atoms. The summed E-state index contributed by atoms with van der Waals surface area (Å²) in [7, 11) is 1.27. The molecule has 1 aliphatic carbocycles. The molecule has 0 spiro atoms. The van der Waals surface area contributed by atoms with Crippen LogP contribution in [0, 0.1) is 11.8 Å². The van der Waals surface area contributed by atoms with Crippen molar-refractivity contribution in [2.75, 3.05) is 7.11 Å². The van der Waals surface area contributed by atoms with Gasteiger partial charge in [-0.2, -0.15) is 0 Å². The van der Waals surface area contributed by atoms with Crippen LogP contribution >= 0.6 is 11.6 Å². The van der Waals surface area contributed by atoms with Crippen molar-refractivity contribution in [2.24, 2.45) is 11.8 Å². The third-order valence-corrected chi connectivity index (χ3v) is 5.72. The number of nitrogens with one attached hydrogen (secondary N) is 1. The van der Waals surface area contributed by atoms with Crippen LogP contribution in [0.4, 0.5) is 0 Å². The molecule has 7 heteroatoms. The Kier molecular flexibility index (Phi) is 6.36. The molecule has 1 N–H and O–H groups in total. The normalized spacial score (nSPS) is 23.8. The van der Waals surface area contributed by atoms with Crippen LogP contribution in [0.25, 0.3) is 0 Å². The van der Waals surface area contributed by atoms with Crippen molar-refractivity contribution in [3.8, 4) is 0 Å². The largest absolute Gasteiger partial charge is 0.468 e. The SMILES string of the molecule is COC(=O)[C@H]1C(=O)C2=C(C[C@@H]1C)NC(C)=C(C(=O)OC(C)C)[C@H]2c1cccc(Cl)c1. The fraction of sp³-hybridized carbons (Fsp3) is 0.435. The lowest BCUT2D eigenvalue weighted by molar-refractivity contribution is -0.151. The number of rotatable bonds is 4. The molecule has 1 aliphatic heterocycles. The van der Waals surface area contributed by atoms with Gasteiger partial charge in [-0.25, -0.2) is 4.79 Å². The average molecular weight is 432 g/mol. The second kappa shape index (κ2) is 8.64. The molecule has 2 aliphatic rings. The number of halogens is 1. The van der Waals surface area contributed by atoms with Gasteiger partial charge in [-0.05, 0) is 50.8 Å². The Labute approximate surface area is 181 Å². The zero-order valence-corrected chi connectivity index (χ0v) is 18.5. The Hall–Kier alpha value is -2.60.